The second kappa shape index (κ2) is 5.38. The standard InChI is InChI=1S/C14H10Cl2FN3/c15-8-3-4-10-11(12(8)16)14(20-7-6-18-10)13-9(17)2-1-5-19-13/h1-5,18H,6-7H2. The van der Waals surface area contributed by atoms with Gasteiger partial charge in [0.15, 0.2) is 5.82 Å². The minimum absolute atomic E-state index is 0.182. The molecule has 0 fully saturated rings. The highest BCUT2D eigenvalue weighted by molar-refractivity contribution is 6.45. The largest absolute Gasteiger partial charge is 0.383 e. The maximum absolute atomic E-state index is 14.0. The summed E-state index contributed by atoms with van der Waals surface area (Å²) >= 11 is 12.3. The fourth-order valence-electron chi connectivity index (χ4n) is 2.12. The molecule has 0 saturated carbocycles. The molecule has 1 aliphatic heterocycles. The number of nitrogens with zero attached hydrogens (tertiary/aromatic N) is 2. The van der Waals surface area contributed by atoms with E-state index < -0.39 is 5.82 Å². The van der Waals surface area contributed by atoms with Crippen LogP contribution in [0.3, 0.4) is 0 Å². The Kier molecular flexibility index (Phi) is 3.59. The van der Waals surface area contributed by atoms with Gasteiger partial charge in [0.25, 0.3) is 0 Å². The van der Waals surface area contributed by atoms with Crippen LogP contribution in [0.25, 0.3) is 0 Å². The minimum Gasteiger partial charge on any atom is -0.383 e. The molecule has 1 aromatic heterocycles. The lowest BCUT2D eigenvalue weighted by molar-refractivity contribution is 0.618. The van der Waals surface area contributed by atoms with Crippen molar-refractivity contribution in [1.29, 1.82) is 0 Å². The smallest absolute Gasteiger partial charge is 0.151 e. The maximum Gasteiger partial charge on any atom is 0.151 e. The van der Waals surface area contributed by atoms with Crippen molar-refractivity contribution in [1.82, 2.24) is 4.98 Å². The van der Waals surface area contributed by atoms with Crippen molar-refractivity contribution in [2.75, 3.05) is 18.4 Å². The van der Waals surface area contributed by atoms with E-state index in [1.165, 1.54) is 18.3 Å². The van der Waals surface area contributed by atoms with Gasteiger partial charge in [-0.25, -0.2) is 4.39 Å². The molecular formula is C14H10Cl2FN3. The van der Waals surface area contributed by atoms with Crippen LogP contribution in [0.2, 0.25) is 10.0 Å². The van der Waals surface area contributed by atoms with Gasteiger partial charge in [0.05, 0.1) is 22.3 Å². The van der Waals surface area contributed by atoms with Gasteiger partial charge in [-0.3, -0.25) is 9.98 Å². The van der Waals surface area contributed by atoms with E-state index in [4.69, 9.17) is 23.2 Å². The van der Waals surface area contributed by atoms with Gasteiger partial charge in [0.2, 0.25) is 0 Å². The second-order valence-corrected chi connectivity index (χ2v) is 5.06. The van der Waals surface area contributed by atoms with Crippen LogP contribution in [-0.2, 0) is 0 Å². The van der Waals surface area contributed by atoms with E-state index >= 15 is 0 Å². The van der Waals surface area contributed by atoms with E-state index in [1.54, 1.807) is 6.07 Å². The number of nitrogens with one attached hydrogen (secondary N) is 1. The van der Waals surface area contributed by atoms with Crippen LogP contribution in [-0.4, -0.2) is 23.8 Å². The monoisotopic (exact) mass is 309 g/mol. The van der Waals surface area contributed by atoms with Gasteiger partial charge in [0, 0.05) is 24.0 Å². The zero-order valence-electron chi connectivity index (χ0n) is 10.3. The van der Waals surface area contributed by atoms with Crippen molar-refractivity contribution in [3.8, 4) is 0 Å². The summed E-state index contributed by atoms with van der Waals surface area (Å²) in [5, 5.41) is 3.95. The molecule has 6 heteroatoms. The van der Waals surface area contributed by atoms with E-state index in [-0.39, 0.29) is 5.69 Å². The summed E-state index contributed by atoms with van der Waals surface area (Å²) in [6, 6.07) is 6.40. The Morgan fingerprint density at radius 3 is 2.85 bits per heavy atom. The number of anilines is 1. The molecule has 1 N–H and O–H groups in total. The van der Waals surface area contributed by atoms with Crippen molar-refractivity contribution in [2.45, 2.75) is 0 Å². The zero-order valence-corrected chi connectivity index (χ0v) is 11.8. The van der Waals surface area contributed by atoms with Crippen LogP contribution in [0, 0.1) is 5.82 Å². The lowest BCUT2D eigenvalue weighted by Crippen LogP contribution is -2.10. The van der Waals surface area contributed by atoms with Crippen LogP contribution >= 0.6 is 23.2 Å². The third kappa shape index (κ3) is 2.25. The van der Waals surface area contributed by atoms with Crippen molar-refractivity contribution in [3.63, 3.8) is 0 Å². The zero-order chi connectivity index (χ0) is 14.1. The number of rotatable bonds is 1. The van der Waals surface area contributed by atoms with Gasteiger partial charge in [-0.1, -0.05) is 23.2 Å². The van der Waals surface area contributed by atoms with Crippen LogP contribution in [0.5, 0.6) is 0 Å². The summed E-state index contributed by atoms with van der Waals surface area (Å²) in [5.41, 5.74) is 1.98. The molecule has 3 nitrogen and oxygen atoms in total. The molecular weight excluding hydrogens is 300 g/mol. The number of hydrogen-bond donors (Lipinski definition) is 1. The molecule has 0 bridgehead atoms. The molecule has 102 valence electrons. The lowest BCUT2D eigenvalue weighted by atomic mass is 10.0. The normalized spacial score (nSPS) is 14.1. The number of aromatic nitrogens is 1. The van der Waals surface area contributed by atoms with Crippen molar-refractivity contribution in [3.05, 3.63) is 57.6 Å². The third-order valence-electron chi connectivity index (χ3n) is 3.01. The Bertz CT molecular complexity index is 701. The maximum atomic E-state index is 14.0. The average molecular weight is 310 g/mol. The molecule has 0 atom stereocenters. The summed E-state index contributed by atoms with van der Waals surface area (Å²) in [7, 11) is 0. The predicted octanol–water partition coefficient (Wildman–Crippen LogP) is 3.79. The van der Waals surface area contributed by atoms with Gasteiger partial charge >= 0.3 is 0 Å². The Hall–Kier alpha value is -1.65. The Balaban J connectivity index is 2.26. The van der Waals surface area contributed by atoms with E-state index in [9.17, 15) is 4.39 Å². The molecule has 2 aromatic rings. The number of halogens is 3. The fourth-order valence-corrected chi connectivity index (χ4v) is 2.53. The van der Waals surface area contributed by atoms with E-state index in [2.05, 4.69) is 15.3 Å². The van der Waals surface area contributed by atoms with Crippen LogP contribution in [0.15, 0.2) is 35.5 Å². The highest BCUT2D eigenvalue weighted by Gasteiger charge is 2.22. The molecule has 20 heavy (non-hydrogen) atoms. The number of aliphatic imine (C=N–C) groups is 1. The highest BCUT2D eigenvalue weighted by atomic mass is 35.5. The lowest BCUT2D eigenvalue weighted by Gasteiger charge is -2.13. The number of fused-ring (bicyclic) bond motifs is 1. The van der Waals surface area contributed by atoms with Crippen LogP contribution in [0.4, 0.5) is 10.1 Å². The molecule has 0 spiro atoms. The first-order valence-electron chi connectivity index (χ1n) is 6.06. The number of benzene rings is 1. The summed E-state index contributed by atoms with van der Waals surface area (Å²) in [5.74, 6) is -0.435. The van der Waals surface area contributed by atoms with Crippen LogP contribution < -0.4 is 5.32 Å². The fraction of sp³-hybridized carbons (Fsp3) is 0.143. The molecule has 0 radical (unpaired) electrons. The minimum atomic E-state index is -0.435. The first-order valence-corrected chi connectivity index (χ1v) is 6.81. The Labute approximate surface area is 125 Å². The van der Waals surface area contributed by atoms with Gasteiger partial charge in [-0.15, -0.1) is 0 Å². The molecule has 1 aliphatic rings. The topological polar surface area (TPSA) is 37.3 Å². The number of pyridine rings is 1. The molecule has 0 amide bonds. The predicted molar refractivity (Wildman–Crippen MR) is 79.7 cm³/mol. The van der Waals surface area contributed by atoms with Gasteiger partial charge in [-0.05, 0) is 24.3 Å². The molecule has 2 heterocycles. The molecule has 0 saturated heterocycles. The third-order valence-corrected chi connectivity index (χ3v) is 3.82. The summed E-state index contributed by atoms with van der Waals surface area (Å²) in [6.45, 7) is 1.15. The highest BCUT2D eigenvalue weighted by Crippen LogP contribution is 2.34. The first kappa shape index (κ1) is 13.3. The Morgan fingerprint density at radius 2 is 2.05 bits per heavy atom. The first-order chi connectivity index (χ1) is 9.68. The second-order valence-electron chi connectivity index (χ2n) is 4.27. The molecule has 3 rings (SSSR count). The van der Waals surface area contributed by atoms with Crippen molar-refractivity contribution >= 4 is 34.6 Å². The summed E-state index contributed by atoms with van der Waals surface area (Å²) < 4.78 is 14.0. The van der Waals surface area contributed by atoms with Gasteiger partial charge < -0.3 is 5.32 Å². The van der Waals surface area contributed by atoms with Crippen LogP contribution in [0.1, 0.15) is 11.3 Å². The summed E-state index contributed by atoms with van der Waals surface area (Å²) in [6.07, 6.45) is 1.53. The SMILES string of the molecule is Fc1cccnc1C1=NCCNc2ccc(Cl)c(Cl)c21. The molecule has 1 aromatic carbocycles. The molecule has 0 unspecified atom stereocenters. The van der Waals surface area contributed by atoms with Crippen molar-refractivity contribution < 1.29 is 4.39 Å². The Morgan fingerprint density at radius 1 is 1.20 bits per heavy atom. The number of hydrogen-bond acceptors (Lipinski definition) is 3. The quantitative estimate of drug-likeness (QED) is 0.870. The van der Waals surface area contributed by atoms with Gasteiger partial charge in [0.1, 0.15) is 5.69 Å². The average Bonchev–Trinajstić information content (AvgIpc) is 2.66. The van der Waals surface area contributed by atoms with E-state index in [0.717, 1.165) is 5.69 Å². The van der Waals surface area contributed by atoms with Gasteiger partial charge in [-0.2, -0.15) is 0 Å². The number of benzodiazepines with no additional fused rings is 1. The van der Waals surface area contributed by atoms with Crippen molar-refractivity contribution in [2.24, 2.45) is 4.99 Å². The van der Waals surface area contributed by atoms with E-state index in [1.807, 2.05) is 6.07 Å². The van der Waals surface area contributed by atoms with E-state index in [0.29, 0.717) is 34.4 Å². The molecule has 0 aliphatic carbocycles. The summed E-state index contributed by atoms with van der Waals surface area (Å²) in [4.78, 5) is 8.48.